The zero-order chi connectivity index (χ0) is 27.0. The SMILES string of the molecule is Cc1ccn(-c2cc(C(Cc3cnnn3C)O[Si](C)(C)C(C)(C)C)cc(NC3CCC(F)(F)CC3)n2)n1. The zero-order valence-electron chi connectivity index (χ0n) is 22.9. The molecule has 1 atom stereocenters. The lowest BCUT2D eigenvalue weighted by Crippen LogP contribution is -2.42. The number of pyridine rings is 1. The lowest BCUT2D eigenvalue weighted by Gasteiger charge is -2.39. The number of nitrogens with one attached hydrogen (secondary N) is 1. The van der Waals surface area contributed by atoms with E-state index in [1.807, 2.05) is 38.4 Å². The predicted octanol–water partition coefficient (Wildman–Crippen LogP) is 6.00. The second kappa shape index (κ2) is 10.2. The van der Waals surface area contributed by atoms with Crippen LogP contribution in [0.4, 0.5) is 14.6 Å². The second-order valence-electron chi connectivity index (χ2n) is 11.7. The van der Waals surface area contributed by atoms with E-state index in [2.05, 4.69) is 54.6 Å². The van der Waals surface area contributed by atoms with Crippen molar-refractivity contribution in [2.24, 2.45) is 7.05 Å². The van der Waals surface area contributed by atoms with E-state index in [1.165, 1.54) is 0 Å². The van der Waals surface area contributed by atoms with Gasteiger partial charge < -0.3 is 9.74 Å². The summed E-state index contributed by atoms with van der Waals surface area (Å²) in [6, 6.07) is 5.87. The molecule has 37 heavy (non-hydrogen) atoms. The monoisotopic (exact) mass is 531 g/mol. The highest BCUT2D eigenvalue weighted by atomic mass is 28.4. The fourth-order valence-electron chi connectivity index (χ4n) is 4.30. The van der Waals surface area contributed by atoms with E-state index >= 15 is 0 Å². The molecule has 0 amide bonds. The van der Waals surface area contributed by atoms with Crippen LogP contribution in [0.15, 0.2) is 30.6 Å². The van der Waals surface area contributed by atoms with E-state index in [0.29, 0.717) is 30.9 Å². The van der Waals surface area contributed by atoms with Gasteiger partial charge in [-0.05, 0) is 61.7 Å². The maximum atomic E-state index is 13.8. The van der Waals surface area contributed by atoms with E-state index < -0.39 is 14.2 Å². The summed E-state index contributed by atoms with van der Waals surface area (Å²) in [7, 11) is -0.290. The Morgan fingerprint density at radius 2 is 1.92 bits per heavy atom. The third-order valence-corrected chi connectivity index (χ3v) is 12.2. The molecule has 202 valence electrons. The molecule has 8 nitrogen and oxygen atoms in total. The first-order valence-electron chi connectivity index (χ1n) is 12.9. The summed E-state index contributed by atoms with van der Waals surface area (Å²) in [5.74, 6) is -1.28. The number of nitrogens with zero attached hydrogens (tertiary/aromatic N) is 6. The largest absolute Gasteiger partial charge is 0.410 e. The molecule has 0 bridgehead atoms. The first kappa shape index (κ1) is 27.4. The van der Waals surface area contributed by atoms with Gasteiger partial charge in [0.2, 0.25) is 5.92 Å². The van der Waals surface area contributed by atoms with Crippen LogP contribution in [0.25, 0.3) is 5.82 Å². The summed E-state index contributed by atoms with van der Waals surface area (Å²) < 4.78 is 38.0. The minimum Gasteiger partial charge on any atom is -0.410 e. The van der Waals surface area contributed by atoms with Crippen molar-refractivity contribution in [1.82, 2.24) is 29.8 Å². The average molecular weight is 532 g/mol. The first-order valence-corrected chi connectivity index (χ1v) is 15.8. The van der Waals surface area contributed by atoms with Gasteiger partial charge in [0.25, 0.3) is 0 Å². The standard InChI is InChI=1S/C26H39F2N7OSi/c1-18-10-13-35(32-18)24-15-19(14-23(31-24)30-20-8-11-26(27,28)12-9-20)22(16-21-17-29-33-34(21)5)36-37(6,7)25(2,3)4/h10,13-15,17,20,22H,8-9,11-12,16H2,1-7H3,(H,30,31). The molecule has 11 heteroatoms. The Morgan fingerprint density at radius 1 is 1.22 bits per heavy atom. The van der Waals surface area contributed by atoms with Gasteiger partial charge in [0.15, 0.2) is 14.1 Å². The molecule has 0 saturated heterocycles. The van der Waals surface area contributed by atoms with Crippen LogP contribution in [-0.4, -0.2) is 50.0 Å². The molecule has 3 aromatic rings. The molecule has 0 spiro atoms. The van der Waals surface area contributed by atoms with Crippen LogP contribution in [0, 0.1) is 6.92 Å². The predicted molar refractivity (Wildman–Crippen MR) is 143 cm³/mol. The number of alkyl halides is 2. The van der Waals surface area contributed by atoms with Gasteiger partial charge in [-0.3, -0.25) is 4.68 Å². The van der Waals surface area contributed by atoms with Crippen molar-refractivity contribution in [3.8, 4) is 5.82 Å². The van der Waals surface area contributed by atoms with E-state index in [0.717, 1.165) is 17.0 Å². The minimum atomic E-state index is -2.58. The molecular formula is C26H39F2N7OSi. The fourth-order valence-corrected chi connectivity index (χ4v) is 5.58. The number of aromatic nitrogens is 6. The Kier molecular flexibility index (Phi) is 7.58. The van der Waals surface area contributed by atoms with Crippen molar-refractivity contribution >= 4 is 14.1 Å². The highest BCUT2D eigenvalue weighted by Gasteiger charge is 2.40. The lowest BCUT2D eigenvalue weighted by molar-refractivity contribution is -0.0361. The molecule has 0 aliphatic heterocycles. The van der Waals surface area contributed by atoms with Gasteiger partial charge in [-0.25, -0.2) is 18.4 Å². The van der Waals surface area contributed by atoms with Gasteiger partial charge >= 0.3 is 0 Å². The molecular weight excluding hydrogens is 492 g/mol. The summed E-state index contributed by atoms with van der Waals surface area (Å²) >= 11 is 0. The smallest absolute Gasteiger partial charge is 0.248 e. The molecule has 1 unspecified atom stereocenters. The molecule has 1 aliphatic carbocycles. The van der Waals surface area contributed by atoms with E-state index in [1.54, 1.807) is 15.6 Å². The lowest BCUT2D eigenvalue weighted by atomic mass is 9.92. The van der Waals surface area contributed by atoms with Crippen LogP contribution < -0.4 is 5.32 Å². The van der Waals surface area contributed by atoms with Crippen LogP contribution in [0.5, 0.6) is 0 Å². The summed E-state index contributed by atoms with van der Waals surface area (Å²) in [6.07, 6.45) is 4.54. The third kappa shape index (κ3) is 6.62. The molecule has 3 heterocycles. The van der Waals surface area contributed by atoms with Crippen molar-refractivity contribution in [3.05, 3.63) is 47.5 Å². The molecule has 1 aliphatic rings. The van der Waals surface area contributed by atoms with Gasteiger partial charge in [-0.1, -0.05) is 26.0 Å². The zero-order valence-corrected chi connectivity index (χ0v) is 23.9. The van der Waals surface area contributed by atoms with Crippen molar-refractivity contribution in [2.45, 2.75) is 96.0 Å². The third-order valence-electron chi connectivity index (χ3n) is 7.68. The Balaban J connectivity index is 1.73. The average Bonchev–Trinajstić information content (AvgIpc) is 3.42. The van der Waals surface area contributed by atoms with E-state index in [9.17, 15) is 8.78 Å². The second-order valence-corrected chi connectivity index (χ2v) is 16.5. The van der Waals surface area contributed by atoms with Crippen molar-refractivity contribution < 1.29 is 13.2 Å². The first-order chi connectivity index (χ1) is 17.2. The fraction of sp³-hybridized carbons (Fsp3) is 0.615. The number of hydrogen-bond donors (Lipinski definition) is 1. The molecule has 3 aromatic heterocycles. The van der Waals surface area contributed by atoms with Crippen LogP contribution in [0.2, 0.25) is 18.1 Å². The van der Waals surface area contributed by atoms with Crippen LogP contribution in [-0.2, 0) is 17.9 Å². The molecule has 4 rings (SSSR count). The minimum absolute atomic E-state index is 0.0132. The Labute approximate surface area is 218 Å². The van der Waals surface area contributed by atoms with Gasteiger partial charge in [-0.2, -0.15) is 5.10 Å². The van der Waals surface area contributed by atoms with Crippen LogP contribution in [0.3, 0.4) is 0 Å². The number of anilines is 1. The highest BCUT2D eigenvalue weighted by Crippen LogP contribution is 2.41. The molecule has 1 fully saturated rings. The Hall–Kier alpha value is -2.66. The van der Waals surface area contributed by atoms with Crippen LogP contribution >= 0.6 is 0 Å². The van der Waals surface area contributed by atoms with Crippen molar-refractivity contribution in [2.75, 3.05) is 5.32 Å². The maximum absolute atomic E-state index is 13.8. The number of halogens is 2. The van der Waals surface area contributed by atoms with E-state index in [-0.39, 0.29) is 30.0 Å². The molecule has 0 radical (unpaired) electrons. The summed E-state index contributed by atoms with van der Waals surface area (Å²) in [6.45, 7) is 13.1. The number of rotatable bonds is 8. The molecule has 0 aromatic carbocycles. The summed E-state index contributed by atoms with van der Waals surface area (Å²) in [4.78, 5) is 4.82. The molecule has 1 saturated carbocycles. The number of hydrogen-bond acceptors (Lipinski definition) is 6. The Morgan fingerprint density at radius 3 is 2.49 bits per heavy atom. The topological polar surface area (TPSA) is 82.7 Å². The summed E-state index contributed by atoms with van der Waals surface area (Å²) in [5.41, 5.74) is 2.79. The molecule has 1 N–H and O–H groups in total. The van der Waals surface area contributed by atoms with Crippen molar-refractivity contribution in [3.63, 3.8) is 0 Å². The normalized spacial score (nSPS) is 17.6. The van der Waals surface area contributed by atoms with Crippen molar-refractivity contribution in [1.29, 1.82) is 0 Å². The van der Waals surface area contributed by atoms with E-state index in [4.69, 9.17) is 9.41 Å². The van der Waals surface area contributed by atoms with Gasteiger partial charge in [0, 0.05) is 38.5 Å². The van der Waals surface area contributed by atoms with Gasteiger partial charge in [0.05, 0.1) is 23.7 Å². The Bertz CT molecular complexity index is 1210. The quantitative estimate of drug-likeness (QED) is 0.359. The van der Waals surface area contributed by atoms with Gasteiger partial charge in [-0.15, -0.1) is 5.10 Å². The van der Waals surface area contributed by atoms with Crippen LogP contribution in [0.1, 0.15) is 69.5 Å². The highest BCUT2D eigenvalue weighted by molar-refractivity contribution is 6.74. The summed E-state index contributed by atoms with van der Waals surface area (Å²) in [5, 5.41) is 16.2. The van der Waals surface area contributed by atoms with Gasteiger partial charge in [0.1, 0.15) is 5.82 Å². The maximum Gasteiger partial charge on any atom is 0.248 e. The number of aryl methyl sites for hydroxylation is 2.